The van der Waals surface area contributed by atoms with E-state index >= 15 is 0 Å². The zero-order chi connectivity index (χ0) is 23.7. The number of hydrogen-bond acceptors (Lipinski definition) is 5. The fourth-order valence-corrected chi connectivity index (χ4v) is 3.31. The van der Waals surface area contributed by atoms with Gasteiger partial charge in [-0.3, -0.25) is 19.6 Å². The lowest BCUT2D eigenvalue weighted by Crippen LogP contribution is -2.57. The van der Waals surface area contributed by atoms with Crippen LogP contribution in [0.4, 0.5) is 0 Å². The van der Waals surface area contributed by atoms with E-state index in [-0.39, 0.29) is 18.2 Å². The van der Waals surface area contributed by atoms with Crippen LogP contribution in [0.25, 0.3) is 11.1 Å². The summed E-state index contributed by atoms with van der Waals surface area (Å²) in [4.78, 5) is 37.0. The van der Waals surface area contributed by atoms with Gasteiger partial charge in [0.1, 0.15) is 12.1 Å². The summed E-state index contributed by atoms with van der Waals surface area (Å²) in [6.45, 7) is 5.12. The van der Waals surface area contributed by atoms with Gasteiger partial charge in [0.15, 0.2) is 0 Å². The summed E-state index contributed by atoms with van der Waals surface area (Å²) in [7, 11) is 0. The number of amides is 3. The average Bonchev–Trinajstić information content (AvgIpc) is 2.76. The van der Waals surface area contributed by atoms with E-state index in [9.17, 15) is 19.5 Å². The minimum absolute atomic E-state index is 0.0906. The van der Waals surface area contributed by atoms with Gasteiger partial charge in [0.2, 0.25) is 11.8 Å². The molecule has 2 aromatic rings. The lowest BCUT2D eigenvalue weighted by Gasteiger charge is -2.24. The van der Waals surface area contributed by atoms with E-state index in [1.165, 1.54) is 12.4 Å². The van der Waals surface area contributed by atoms with Crippen LogP contribution in [0.15, 0.2) is 54.6 Å². The van der Waals surface area contributed by atoms with E-state index in [1.807, 2.05) is 68.4 Å². The predicted octanol–water partition coefficient (Wildman–Crippen LogP) is 1.80. The van der Waals surface area contributed by atoms with Crippen LogP contribution in [-0.2, 0) is 20.8 Å². The number of benzene rings is 2. The van der Waals surface area contributed by atoms with Crippen LogP contribution < -0.4 is 16.1 Å². The number of carbonyl (C=O) groups is 3. The molecule has 32 heavy (non-hydrogen) atoms. The highest BCUT2D eigenvalue weighted by molar-refractivity contribution is 5.92. The van der Waals surface area contributed by atoms with E-state index in [4.69, 9.17) is 5.21 Å². The van der Waals surface area contributed by atoms with Gasteiger partial charge in [-0.2, -0.15) is 0 Å². The molecule has 8 nitrogen and oxygen atoms in total. The molecule has 2 aromatic carbocycles. The third kappa shape index (κ3) is 7.47. The van der Waals surface area contributed by atoms with Gasteiger partial charge in [0.05, 0.1) is 12.5 Å². The molecule has 3 amide bonds. The summed E-state index contributed by atoms with van der Waals surface area (Å²) in [5, 5.41) is 23.7. The van der Waals surface area contributed by atoms with Crippen molar-refractivity contribution in [3.63, 3.8) is 0 Å². The van der Waals surface area contributed by atoms with E-state index < -0.39 is 30.0 Å². The van der Waals surface area contributed by atoms with Gasteiger partial charge in [-0.15, -0.1) is 0 Å². The molecule has 0 radical (unpaired) electrons. The largest absolute Gasteiger partial charge is 0.391 e. The van der Waals surface area contributed by atoms with Gasteiger partial charge >= 0.3 is 0 Å². The molecule has 5 N–H and O–H groups in total. The number of aliphatic hydroxyl groups excluding tert-OH is 1. The summed E-state index contributed by atoms with van der Waals surface area (Å²) < 4.78 is 0. The first kappa shape index (κ1) is 25.0. The number of carbonyl (C=O) groups excluding carboxylic acids is 3. The van der Waals surface area contributed by atoms with Gasteiger partial charge in [-0.25, -0.2) is 5.48 Å². The normalized spacial score (nSPS) is 13.7. The molecule has 0 saturated carbocycles. The first-order valence-corrected chi connectivity index (χ1v) is 10.6. The highest BCUT2D eigenvalue weighted by atomic mass is 16.5. The Balaban J connectivity index is 2.04. The molecular formula is C24H31N3O5. The quantitative estimate of drug-likeness (QED) is 0.284. The molecule has 172 valence electrons. The Labute approximate surface area is 188 Å². The Morgan fingerprint density at radius 1 is 0.844 bits per heavy atom. The van der Waals surface area contributed by atoms with Gasteiger partial charge in [0, 0.05) is 0 Å². The van der Waals surface area contributed by atoms with Crippen molar-refractivity contribution in [1.82, 2.24) is 16.1 Å². The zero-order valence-electron chi connectivity index (χ0n) is 18.5. The molecule has 0 saturated heterocycles. The Morgan fingerprint density at radius 2 is 1.44 bits per heavy atom. The summed E-state index contributed by atoms with van der Waals surface area (Å²) >= 11 is 0. The van der Waals surface area contributed by atoms with Crippen LogP contribution in [0.5, 0.6) is 0 Å². The molecule has 0 aliphatic carbocycles. The second-order valence-corrected chi connectivity index (χ2v) is 8.19. The number of aliphatic hydroxyl groups is 1. The molecule has 0 aliphatic heterocycles. The van der Waals surface area contributed by atoms with Crippen molar-refractivity contribution in [2.24, 2.45) is 5.92 Å². The Hall–Kier alpha value is -3.23. The molecule has 0 fully saturated rings. The van der Waals surface area contributed by atoms with Crippen LogP contribution in [0.2, 0.25) is 0 Å². The Kier molecular flexibility index (Phi) is 9.37. The molecule has 8 heteroatoms. The average molecular weight is 442 g/mol. The van der Waals surface area contributed by atoms with Crippen LogP contribution >= 0.6 is 0 Å². The predicted molar refractivity (Wildman–Crippen MR) is 121 cm³/mol. The van der Waals surface area contributed by atoms with Crippen molar-refractivity contribution in [3.05, 3.63) is 60.2 Å². The van der Waals surface area contributed by atoms with Crippen LogP contribution in [0.1, 0.15) is 32.8 Å². The Bertz CT molecular complexity index is 898. The minimum Gasteiger partial charge on any atom is -0.391 e. The SMILES string of the molecule is CC(C)C[C@H](NC(=O)Cc1ccc(-c2ccccc2)cc1)C(=O)N[C@H](C(=O)NO)[C@@H](C)O. The molecule has 0 aromatic heterocycles. The number of rotatable bonds is 10. The lowest BCUT2D eigenvalue weighted by molar-refractivity contribution is -0.138. The molecule has 0 heterocycles. The van der Waals surface area contributed by atoms with Crippen LogP contribution in [-0.4, -0.2) is 46.2 Å². The van der Waals surface area contributed by atoms with Crippen molar-refractivity contribution in [2.75, 3.05) is 0 Å². The monoisotopic (exact) mass is 441 g/mol. The second kappa shape index (κ2) is 12.0. The number of hydroxylamine groups is 1. The molecule has 0 spiro atoms. The number of hydrogen-bond donors (Lipinski definition) is 5. The Morgan fingerprint density at radius 3 is 1.97 bits per heavy atom. The third-order valence-corrected chi connectivity index (χ3v) is 4.96. The standard InChI is InChI=1S/C24H31N3O5/c1-15(2)13-20(23(30)26-22(16(3)28)24(31)27-32)25-21(29)14-17-9-11-19(12-10-17)18-7-5-4-6-8-18/h4-12,15-16,20,22,28,32H,13-14H2,1-3H3,(H,25,29)(H,26,30)(H,27,31)/t16-,20+,22+/m1/s1. The maximum atomic E-state index is 12.7. The summed E-state index contributed by atoms with van der Waals surface area (Å²) in [5.41, 5.74) is 4.34. The van der Waals surface area contributed by atoms with Gasteiger partial charge in [-0.05, 0) is 36.0 Å². The third-order valence-electron chi connectivity index (χ3n) is 4.96. The summed E-state index contributed by atoms with van der Waals surface area (Å²) in [5.74, 6) is -1.80. The van der Waals surface area contributed by atoms with Gasteiger partial charge < -0.3 is 15.7 Å². The van der Waals surface area contributed by atoms with Crippen molar-refractivity contribution >= 4 is 17.7 Å². The van der Waals surface area contributed by atoms with Gasteiger partial charge in [0.25, 0.3) is 5.91 Å². The summed E-state index contributed by atoms with van der Waals surface area (Å²) in [6, 6.07) is 15.3. The smallest absolute Gasteiger partial charge is 0.268 e. The second-order valence-electron chi connectivity index (χ2n) is 8.19. The highest BCUT2D eigenvalue weighted by Crippen LogP contribution is 2.19. The van der Waals surface area contributed by atoms with Crippen LogP contribution in [0.3, 0.4) is 0 Å². The van der Waals surface area contributed by atoms with E-state index in [0.29, 0.717) is 6.42 Å². The molecular weight excluding hydrogens is 410 g/mol. The summed E-state index contributed by atoms with van der Waals surface area (Å²) in [6.07, 6.45) is -0.796. The minimum atomic E-state index is -1.34. The van der Waals surface area contributed by atoms with Crippen LogP contribution in [0, 0.1) is 5.92 Å². The van der Waals surface area contributed by atoms with Gasteiger partial charge in [-0.1, -0.05) is 68.4 Å². The molecule has 0 bridgehead atoms. The molecule has 3 atom stereocenters. The fourth-order valence-electron chi connectivity index (χ4n) is 3.31. The van der Waals surface area contributed by atoms with E-state index in [2.05, 4.69) is 10.6 Å². The maximum Gasteiger partial charge on any atom is 0.268 e. The van der Waals surface area contributed by atoms with Crippen molar-refractivity contribution in [3.8, 4) is 11.1 Å². The molecule has 0 aliphatic rings. The number of nitrogens with one attached hydrogen (secondary N) is 3. The highest BCUT2D eigenvalue weighted by Gasteiger charge is 2.30. The first-order valence-electron chi connectivity index (χ1n) is 10.6. The van der Waals surface area contributed by atoms with Crippen molar-refractivity contribution in [1.29, 1.82) is 0 Å². The maximum absolute atomic E-state index is 12.7. The fraction of sp³-hybridized carbons (Fsp3) is 0.375. The van der Waals surface area contributed by atoms with Crippen molar-refractivity contribution in [2.45, 2.75) is 51.8 Å². The van der Waals surface area contributed by atoms with Crippen molar-refractivity contribution < 1.29 is 24.7 Å². The first-order chi connectivity index (χ1) is 15.2. The molecule has 2 rings (SSSR count). The van der Waals surface area contributed by atoms with E-state index in [1.54, 1.807) is 0 Å². The van der Waals surface area contributed by atoms with E-state index in [0.717, 1.165) is 16.7 Å². The zero-order valence-corrected chi connectivity index (χ0v) is 18.5. The topological polar surface area (TPSA) is 128 Å². The molecule has 0 unspecified atom stereocenters. The lowest BCUT2D eigenvalue weighted by atomic mass is 10.0.